The number of nitrogens with zero attached hydrogens (tertiary/aromatic N) is 1. The van der Waals surface area contributed by atoms with Crippen molar-refractivity contribution in [3.63, 3.8) is 0 Å². The molecular formula is C6H3F3LiNO3. The first kappa shape index (κ1) is 13.1. The van der Waals surface area contributed by atoms with E-state index in [4.69, 9.17) is 0 Å². The number of alkyl halides is 3. The Labute approximate surface area is 88.2 Å². The van der Waals surface area contributed by atoms with Gasteiger partial charge in [-0.2, -0.15) is 13.2 Å². The third-order valence-electron chi connectivity index (χ3n) is 1.23. The zero-order valence-corrected chi connectivity index (χ0v) is 7.09. The van der Waals surface area contributed by atoms with Gasteiger partial charge < -0.3 is 14.4 Å². The fraction of sp³-hybridized carbons (Fsp3) is 0.333. The second kappa shape index (κ2) is 4.53. The molecule has 0 radical (unpaired) electrons. The summed E-state index contributed by atoms with van der Waals surface area (Å²) in [5.74, 6) is -1.78. The van der Waals surface area contributed by atoms with Crippen LogP contribution in [0.4, 0.5) is 13.2 Å². The number of aromatic nitrogens is 1. The van der Waals surface area contributed by atoms with Crippen molar-refractivity contribution in [1.82, 2.24) is 5.16 Å². The number of hydrogen-bond acceptors (Lipinski definition) is 4. The number of halogens is 3. The van der Waals surface area contributed by atoms with Crippen molar-refractivity contribution in [1.29, 1.82) is 0 Å². The van der Waals surface area contributed by atoms with Crippen molar-refractivity contribution in [3.05, 3.63) is 17.5 Å². The van der Waals surface area contributed by atoms with E-state index in [0.717, 1.165) is 0 Å². The minimum absolute atomic E-state index is 0. The Bertz CT molecular complexity index is 322. The van der Waals surface area contributed by atoms with E-state index in [1.807, 2.05) is 0 Å². The number of aromatic carboxylic acids is 1. The van der Waals surface area contributed by atoms with Crippen LogP contribution in [0.5, 0.6) is 0 Å². The van der Waals surface area contributed by atoms with Gasteiger partial charge in [0.05, 0.1) is 12.4 Å². The first-order valence-electron chi connectivity index (χ1n) is 3.11. The Balaban J connectivity index is 0.00000169. The van der Waals surface area contributed by atoms with Gasteiger partial charge in [0.2, 0.25) is 0 Å². The fourth-order valence-corrected chi connectivity index (χ4v) is 0.767. The van der Waals surface area contributed by atoms with Crippen molar-refractivity contribution in [2.24, 2.45) is 0 Å². The van der Waals surface area contributed by atoms with Crippen LogP contribution in [-0.2, 0) is 6.42 Å². The monoisotopic (exact) mass is 201 g/mol. The fourth-order valence-electron chi connectivity index (χ4n) is 0.767. The van der Waals surface area contributed by atoms with Crippen LogP contribution in [-0.4, -0.2) is 17.3 Å². The van der Waals surface area contributed by atoms with Crippen LogP contribution in [0.1, 0.15) is 16.1 Å². The number of hydrogen-bond donors (Lipinski definition) is 0. The summed E-state index contributed by atoms with van der Waals surface area (Å²) in [6.07, 6.45) is -5.24. The number of carboxylic acid groups (broad SMARTS) is 1. The van der Waals surface area contributed by atoms with Crippen LogP contribution in [0, 0.1) is 0 Å². The predicted octanol–water partition coefficient (Wildman–Crippen LogP) is -2.85. The Kier molecular flexibility index (Phi) is 4.23. The molecule has 0 bridgehead atoms. The molecule has 0 aliphatic rings. The average molecular weight is 201 g/mol. The van der Waals surface area contributed by atoms with Gasteiger partial charge in [-0.1, -0.05) is 5.16 Å². The molecule has 0 atom stereocenters. The molecule has 1 aromatic heterocycles. The summed E-state index contributed by atoms with van der Waals surface area (Å²) in [6, 6.07) is 0. The summed E-state index contributed by atoms with van der Waals surface area (Å²) in [6.45, 7) is 0. The maximum absolute atomic E-state index is 11.8. The number of carbonyl (C=O) groups excluding carboxylic acids is 1. The third-order valence-corrected chi connectivity index (χ3v) is 1.23. The van der Waals surface area contributed by atoms with Crippen LogP contribution in [0.3, 0.4) is 0 Å². The van der Waals surface area contributed by atoms with Gasteiger partial charge in [-0.15, -0.1) is 0 Å². The van der Waals surface area contributed by atoms with Crippen molar-refractivity contribution in [2.75, 3.05) is 0 Å². The van der Waals surface area contributed by atoms with E-state index in [2.05, 4.69) is 9.68 Å². The maximum atomic E-state index is 11.8. The molecule has 0 unspecified atom stereocenters. The molecular weight excluding hydrogens is 198 g/mol. The molecule has 72 valence electrons. The molecule has 0 fully saturated rings. The molecule has 0 aliphatic heterocycles. The summed E-state index contributed by atoms with van der Waals surface area (Å²) in [5.41, 5.74) is -1.34. The van der Waals surface area contributed by atoms with Gasteiger partial charge >= 0.3 is 25.0 Å². The Morgan fingerprint density at radius 3 is 2.57 bits per heavy atom. The van der Waals surface area contributed by atoms with Gasteiger partial charge in [-0.3, -0.25) is 0 Å². The van der Waals surface area contributed by atoms with E-state index < -0.39 is 29.8 Å². The molecule has 8 heteroatoms. The first-order chi connectivity index (χ1) is 5.90. The largest absolute Gasteiger partial charge is 1.00 e. The zero-order valence-electron chi connectivity index (χ0n) is 7.09. The predicted molar refractivity (Wildman–Crippen MR) is 30.6 cm³/mol. The van der Waals surface area contributed by atoms with Gasteiger partial charge in [0.15, 0.2) is 0 Å². The van der Waals surface area contributed by atoms with Crippen LogP contribution in [0.2, 0.25) is 0 Å². The first-order valence-corrected chi connectivity index (χ1v) is 3.11. The Morgan fingerprint density at radius 1 is 1.57 bits per heavy atom. The van der Waals surface area contributed by atoms with Gasteiger partial charge in [0, 0.05) is 5.56 Å². The average Bonchev–Trinajstić information content (AvgIpc) is 2.31. The van der Waals surface area contributed by atoms with Crippen molar-refractivity contribution >= 4 is 5.97 Å². The van der Waals surface area contributed by atoms with Gasteiger partial charge in [0.1, 0.15) is 12.0 Å². The second-order valence-corrected chi connectivity index (χ2v) is 2.27. The normalized spacial score (nSPS) is 10.8. The topological polar surface area (TPSA) is 66.2 Å². The molecule has 0 spiro atoms. The number of carboxylic acids is 1. The summed E-state index contributed by atoms with van der Waals surface area (Å²) in [7, 11) is 0. The van der Waals surface area contributed by atoms with Crippen molar-refractivity contribution < 1.29 is 46.5 Å². The molecule has 0 amide bonds. The molecule has 0 N–H and O–H groups in total. The molecule has 1 heterocycles. The van der Waals surface area contributed by atoms with Gasteiger partial charge in [0.25, 0.3) is 0 Å². The minimum Gasteiger partial charge on any atom is -0.543 e. The van der Waals surface area contributed by atoms with Gasteiger partial charge in [-0.05, 0) is 0 Å². The van der Waals surface area contributed by atoms with Crippen LogP contribution < -0.4 is 24.0 Å². The SMILES string of the molecule is O=C([O-])c1nocc1CC(F)(F)F.[Li+]. The summed E-state index contributed by atoms with van der Waals surface area (Å²) >= 11 is 0. The summed E-state index contributed by atoms with van der Waals surface area (Å²) < 4.78 is 39.4. The molecule has 0 saturated carbocycles. The Morgan fingerprint density at radius 2 is 2.14 bits per heavy atom. The van der Waals surface area contributed by atoms with Crippen LogP contribution >= 0.6 is 0 Å². The van der Waals surface area contributed by atoms with Crippen molar-refractivity contribution in [2.45, 2.75) is 12.6 Å². The molecule has 0 aromatic carbocycles. The molecule has 0 aliphatic carbocycles. The number of rotatable bonds is 2. The standard InChI is InChI=1S/C6H4F3NO3.Li/c7-6(8,9)1-3-2-13-10-4(3)5(11)12;/h2H,1H2,(H,11,12);/q;+1/p-1. The van der Waals surface area contributed by atoms with E-state index in [0.29, 0.717) is 6.26 Å². The van der Waals surface area contributed by atoms with E-state index in [-0.39, 0.29) is 18.9 Å². The quantitative estimate of drug-likeness (QED) is 0.483. The van der Waals surface area contributed by atoms with Crippen molar-refractivity contribution in [3.8, 4) is 0 Å². The van der Waals surface area contributed by atoms with Crippen LogP contribution in [0.15, 0.2) is 10.8 Å². The smallest absolute Gasteiger partial charge is 0.543 e. The van der Waals surface area contributed by atoms with E-state index >= 15 is 0 Å². The molecule has 14 heavy (non-hydrogen) atoms. The summed E-state index contributed by atoms with van der Waals surface area (Å²) in [4.78, 5) is 10.2. The maximum Gasteiger partial charge on any atom is 1.00 e. The zero-order chi connectivity index (χ0) is 10.1. The molecule has 1 rings (SSSR count). The van der Waals surface area contributed by atoms with Gasteiger partial charge in [-0.25, -0.2) is 0 Å². The molecule has 0 saturated heterocycles. The van der Waals surface area contributed by atoms with E-state index in [1.54, 1.807) is 0 Å². The third kappa shape index (κ3) is 3.44. The Hall–Kier alpha value is -0.933. The second-order valence-electron chi connectivity index (χ2n) is 2.27. The minimum atomic E-state index is -4.49. The van der Waals surface area contributed by atoms with E-state index in [9.17, 15) is 23.1 Å². The molecule has 4 nitrogen and oxygen atoms in total. The van der Waals surface area contributed by atoms with Crippen LogP contribution in [0.25, 0.3) is 0 Å². The number of carbonyl (C=O) groups is 1. The molecule has 1 aromatic rings. The van der Waals surface area contributed by atoms with E-state index in [1.165, 1.54) is 0 Å². The summed E-state index contributed by atoms with van der Waals surface area (Å²) in [5, 5.41) is 13.0.